The van der Waals surface area contributed by atoms with Gasteiger partial charge in [-0.1, -0.05) is 4.67 Å². The first-order valence-corrected chi connectivity index (χ1v) is 6.94. The molecular weight excluding hydrogens is 367 g/mol. The predicted octanol–water partition coefficient (Wildman–Crippen LogP) is -0.228. The molecular formula is C2H4O8PW. The van der Waals surface area contributed by atoms with Crippen LogP contribution in [0, 0.1) is 0 Å². The van der Waals surface area contributed by atoms with Gasteiger partial charge in [0, 0.05) is 6.92 Å². The molecule has 0 saturated carbocycles. The van der Waals surface area contributed by atoms with Gasteiger partial charge < -0.3 is 0 Å². The van der Waals surface area contributed by atoms with Crippen molar-refractivity contribution < 1.29 is 51.7 Å². The fourth-order valence-electron chi connectivity index (χ4n) is 0.0829. The van der Waals surface area contributed by atoms with Crippen LogP contribution in [-0.2, 0) is 47.9 Å². The Hall–Kier alpha value is -0.422. The molecule has 0 heterocycles. The van der Waals surface area contributed by atoms with Crippen molar-refractivity contribution in [1.29, 1.82) is 0 Å². The summed E-state index contributed by atoms with van der Waals surface area (Å²) in [5, 5.41) is 0. The van der Waals surface area contributed by atoms with Crippen molar-refractivity contribution in [2.24, 2.45) is 0 Å². The van der Waals surface area contributed by atoms with Crippen LogP contribution < -0.4 is 0 Å². The fraction of sp³-hybridized carbons (Fsp3) is 0.500. The zero-order chi connectivity index (χ0) is 10.1. The fourth-order valence-corrected chi connectivity index (χ4v) is 0.249. The maximum absolute atomic E-state index is 9.73. The van der Waals surface area contributed by atoms with Gasteiger partial charge in [-0.3, -0.25) is 4.89 Å². The molecule has 0 atom stereocenters. The van der Waals surface area contributed by atoms with Gasteiger partial charge in [-0.25, -0.2) is 13.9 Å². The van der Waals surface area contributed by atoms with Crippen LogP contribution in [0.5, 0.6) is 0 Å². The summed E-state index contributed by atoms with van der Waals surface area (Å²) in [6.45, 7) is 1.03. The van der Waals surface area contributed by atoms with E-state index < -0.39 is 31.5 Å². The van der Waals surface area contributed by atoms with Gasteiger partial charge in [0.1, 0.15) is 0 Å². The molecule has 0 bridgehead atoms. The van der Waals surface area contributed by atoms with Crippen molar-refractivity contribution in [3.63, 3.8) is 0 Å². The average Bonchev–Trinajstić information content (AvgIpc) is 1.82. The van der Waals surface area contributed by atoms with E-state index in [4.69, 9.17) is 10.6 Å². The van der Waals surface area contributed by atoms with Crippen molar-refractivity contribution in [3.8, 4) is 0 Å². The van der Waals surface area contributed by atoms with Crippen molar-refractivity contribution in [2.75, 3.05) is 0 Å². The van der Waals surface area contributed by atoms with E-state index in [1.807, 2.05) is 0 Å². The third-order valence-electron chi connectivity index (χ3n) is 0.215. The van der Waals surface area contributed by atoms with Gasteiger partial charge in [0.15, 0.2) is 0 Å². The molecule has 0 aliphatic heterocycles. The Morgan fingerprint density at radius 2 is 1.75 bits per heavy atom. The second-order valence-corrected chi connectivity index (χ2v) is 3.25. The Bertz CT molecular complexity index is 246. The van der Waals surface area contributed by atoms with Crippen LogP contribution in [0.4, 0.5) is 0 Å². The van der Waals surface area contributed by atoms with E-state index in [2.05, 4.69) is 9.56 Å². The molecule has 71 valence electrons. The zero-order valence-corrected chi connectivity index (χ0v) is 9.49. The Morgan fingerprint density at radius 1 is 1.42 bits per heavy atom. The Kier molecular flexibility index (Phi) is 10.2. The molecule has 12 heavy (non-hydrogen) atoms. The third-order valence-corrected chi connectivity index (χ3v) is 0.412. The summed E-state index contributed by atoms with van der Waals surface area (Å²) >= 11 is -4.03. The van der Waals surface area contributed by atoms with Crippen LogP contribution in [0.1, 0.15) is 6.92 Å². The van der Waals surface area contributed by atoms with Crippen LogP contribution >= 0.6 is 7.91 Å². The molecule has 0 aliphatic rings. The first-order chi connectivity index (χ1) is 5.36. The molecule has 10 heteroatoms. The summed E-state index contributed by atoms with van der Waals surface area (Å²) in [4.78, 5) is 13.3. The molecule has 0 amide bonds. The van der Waals surface area contributed by atoms with Crippen LogP contribution in [0.25, 0.3) is 0 Å². The molecule has 0 radical (unpaired) electrons. The summed E-state index contributed by atoms with van der Waals surface area (Å²) in [6.07, 6.45) is 0. The van der Waals surface area contributed by atoms with E-state index in [-0.39, 0.29) is 0 Å². The van der Waals surface area contributed by atoms with Gasteiger partial charge in [0.05, 0.1) is 0 Å². The van der Waals surface area contributed by atoms with E-state index in [9.17, 15) is 13.9 Å². The predicted molar refractivity (Wildman–Crippen MR) is 24.7 cm³/mol. The molecule has 0 unspecified atom stereocenters. The van der Waals surface area contributed by atoms with Gasteiger partial charge in [0.2, 0.25) is 0 Å². The Balaban J connectivity index is 0. The van der Waals surface area contributed by atoms with E-state index in [0.717, 1.165) is 6.92 Å². The molecule has 0 spiro atoms. The van der Waals surface area contributed by atoms with Gasteiger partial charge in [-0.15, -0.1) is 0 Å². The van der Waals surface area contributed by atoms with Crippen molar-refractivity contribution in [2.45, 2.75) is 6.92 Å². The van der Waals surface area contributed by atoms with Gasteiger partial charge in [-0.05, 0) is 0 Å². The molecule has 0 aromatic heterocycles. The van der Waals surface area contributed by atoms with Crippen LogP contribution in [0.15, 0.2) is 0 Å². The molecule has 0 aromatic carbocycles. The standard InChI is InChI=1S/C2H3O5P.H2O.2O.W/c1-2(3)6-7-8(4)5;;;;/h1H3;1H2;;;/q;;;;+1/p-1. The normalized spacial score (nSPS) is 7.50. The third kappa shape index (κ3) is 33.6. The van der Waals surface area contributed by atoms with E-state index >= 15 is 0 Å². The van der Waals surface area contributed by atoms with Crippen molar-refractivity contribution in [3.05, 3.63) is 0 Å². The summed E-state index contributed by atoms with van der Waals surface area (Å²) in [7, 11) is -3.08. The number of hydrogen-bond donors (Lipinski definition) is 1. The van der Waals surface area contributed by atoms with Crippen LogP contribution in [-0.4, -0.2) is 9.73 Å². The summed E-state index contributed by atoms with van der Waals surface area (Å²) in [5.41, 5.74) is 0. The summed E-state index contributed by atoms with van der Waals surface area (Å²) in [6, 6.07) is 0. The topological polar surface area (TPSA) is 124 Å². The second kappa shape index (κ2) is 8.67. The minimum absolute atomic E-state index is 0.802. The quantitative estimate of drug-likeness (QED) is 0.401. The summed E-state index contributed by atoms with van der Waals surface area (Å²) in [5.74, 6) is -0.802. The van der Waals surface area contributed by atoms with Crippen molar-refractivity contribution >= 4 is 13.9 Å². The molecule has 0 aliphatic carbocycles. The van der Waals surface area contributed by atoms with Gasteiger partial charge in [0.25, 0.3) is 0 Å². The molecule has 0 rings (SSSR count). The van der Waals surface area contributed by atoms with E-state index in [0.29, 0.717) is 0 Å². The Labute approximate surface area is 72.9 Å². The van der Waals surface area contributed by atoms with Crippen LogP contribution in [0.2, 0.25) is 0 Å². The number of carbonyl (C=O) groups is 1. The maximum atomic E-state index is 9.73. The van der Waals surface area contributed by atoms with Gasteiger partial charge >= 0.3 is 42.0 Å². The first-order valence-electron chi connectivity index (χ1n) is 2.14. The second-order valence-electron chi connectivity index (χ2n) is 1.09. The number of rotatable bonds is 2. The number of carbonyl (C=O) groups excluding carboxylic acids is 1. The monoisotopic (exact) mass is 371 g/mol. The first kappa shape index (κ1) is 14.1. The van der Waals surface area contributed by atoms with Gasteiger partial charge in [-0.2, -0.15) is 0 Å². The molecule has 0 fully saturated rings. The van der Waals surface area contributed by atoms with E-state index in [1.165, 1.54) is 0 Å². The SMILES string of the molecule is CC(=O)OOP(=O)=O.[O]=[W](=[O])[OH]. The summed E-state index contributed by atoms with van der Waals surface area (Å²) < 4.78 is 46.9. The number of hydrogen-bond acceptors (Lipinski definition) is 7. The zero-order valence-electron chi connectivity index (χ0n) is 5.66. The molecule has 0 aromatic rings. The molecule has 8 nitrogen and oxygen atoms in total. The van der Waals surface area contributed by atoms with Crippen molar-refractivity contribution in [1.82, 2.24) is 0 Å². The minimum atomic E-state index is -4.03. The molecule has 0 saturated heterocycles. The molecule has 1 N–H and O–H groups in total. The average molecular weight is 371 g/mol. The Morgan fingerprint density at radius 3 is 1.83 bits per heavy atom. The van der Waals surface area contributed by atoms with Crippen LogP contribution in [0.3, 0.4) is 0 Å². The van der Waals surface area contributed by atoms with E-state index in [1.54, 1.807) is 0 Å².